The lowest BCUT2D eigenvalue weighted by Crippen LogP contribution is -2.17. The monoisotopic (exact) mass is 230 g/mol. The second-order valence-corrected chi connectivity index (χ2v) is 4.25. The van der Waals surface area contributed by atoms with E-state index in [1.165, 1.54) is 0 Å². The predicted octanol–water partition coefficient (Wildman–Crippen LogP) is -1.49. The summed E-state index contributed by atoms with van der Waals surface area (Å²) >= 11 is 0. The molecule has 0 aliphatic heterocycles. The minimum atomic E-state index is -4.47. The van der Waals surface area contributed by atoms with E-state index in [1.54, 1.807) is 0 Å². The summed E-state index contributed by atoms with van der Waals surface area (Å²) in [4.78, 5) is 16.9. The van der Waals surface area contributed by atoms with E-state index in [0.29, 0.717) is 0 Å². The quantitative estimate of drug-likeness (QED) is 0.296. The largest absolute Gasteiger partial charge is 0.394 e. The van der Waals surface area contributed by atoms with Crippen LogP contribution >= 0.6 is 7.60 Å². The van der Waals surface area contributed by atoms with E-state index in [1.807, 2.05) is 0 Å². The van der Waals surface area contributed by atoms with Gasteiger partial charge in [0.2, 0.25) is 0 Å². The Balaban J connectivity index is 3.32. The maximum Gasteiger partial charge on any atom is 0.356 e. The van der Waals surface area contributed by atoms with Crippen molar-refractivity contribution in [2.24, 2.45) is 0 Å². The van der Waals surface area contributed by atoms with Crippen molar-refractivity contribution in [3.8, 4) is 0 Å². The summed E-state index contributed by atoms with van der Waals surface area (Å²) in [5.74, 6) is -1.79. The van der Waals surface area contributed by atoms with Crippen LogP contribution in [0.25, 0.3) is 0 Å². The smallest absolute Gasteiger partial charge is 0.356 e. The first kappa shape index (κ1) is 14.0. The Bertz CT molecular complexity index is 179. The lowest BCUT2D eigenvalue weighted by molar-refractivity contribution is 0.0108. The van der Waals surface area contributed by atoms with Crippen LogP contribution in [-0.2, 0) is 14.0 Å². The maximum atomic E-state index is 10.4. The number of ether oxygens (including phenoxy) is 2. The third kappa shape index (κ3) is 7.40. The van der Waals surface area contributed by atoms with Crippen LogP contribution in [0.4, 0.5) is 0 Å². The highest BCUT2D eigenvalue weighted by Crippen LogP contribution is 2.39. The standard InChI is InChI=1S/C6H15O7P/c7-1-2-12-3-4-13-5-6(8)14(9,10)11/h6-8H,1-5H2,(H2,9,10,11). The van der Waals surface area contributed by atoms with Crippen LogP contribution < -0.4 is 0 Å². The van der Waals surface area contributed by atoms with Crippen LogP contribution in [0.15, 0.2) is 0 Å². The van der Waals surface area contributed by atoms with Gasteiger partial charge in [-0.05, 0) is 0 Å². The van der Waals surface area contributed by atoms with E-state index in [-0.39, 0.29) is 26.4 Å². The molecule has 0 aliphatic rings. The molecule has 8 heteroatoms. The van der Waals surface area contributed by atoms with Crippen LogP contribution in [-0.4, -0.2) is 58.9 Å². The van der Waals surface area contributed by atoms with E-state index in [2.05, 4.69) is 0 Å². The van der Waals surface area contributed by atoms with Gasteiger partial charge in [-0.1, -0.05) is 0 Å². The molecule has 14 heavy (non-hydrogen) atoms. The molecule has 0 heterocycles. The van der Waals surface area contributed by atoms with Crippen molar-refractivity contribution < 1.29 is 34.0 Å². The molecule has 86 valence electrons. The van der Waals surface area contributed by atoms with Crippen LogP contribution in [0, 0.1) is 0 Å². The first-order chi connectivity index (χ1) is 6.48. The van der Waals surface area contributed by atoms with Crippen molar-refractivity contribution in [1.82, 2.24) is 0 Å². The number of hydrogen-bond acceptors (Lipinski definition) is 5. The lowest BCUT2D eigenvalue weighted by atomic mass is 10.7. The number of aliphatic hydroxyl groups excluding tert-OH is 2. The van der Waals surface area contributed by atoms with E-state index in [9.17, 15) is 4.57 Å². The topological polar surface area (TPSA) is 116 Å². The van der Waals surface area contributed by atoms with E-state index >= 15 is 0 Å². The van der Waals surface area contributed by atoms with Crippen LogP contribution in [0.1, 0.15) is 0 Å². The van der Waals surface area contributed by atoms with Crippen LogP contribution in [0.5, 0.6) is 0 Å². The molecule has 0 aromatic rings. The van der Waals surface area contributed by atoms with Crippen molar-refractivity contribution in [2.75, 3.05) is 33.0 Å². The fourth-order valence-corrected chi connectivity index (χ4v) is 0.870. The molecule has 0 amide bonds. The third-order valence-electron chi connectivity index (χ3n) is 1.26. The zero-order valence-electron chi connectivity index (χ0n) is 7.57. The van der Waals surface area contributed by atoms with Gasteiger partial charge in [0.1, 0.15) is 0 Å². The molecule has 7 nitrogen and oxygen atoms in total. The predicted molar refractivity (Wildman–Crippen MR) is 46.8 cm³/mol. The molecule has 0 aromatic heterocycles. The molecule has 0 fully saturated rings. The summed E-state index contributed by atoms with van der Waals surface area (Å²) in [6.07, 6.45) is 0. The number of hydrogen-bond donors (Lipinski definition) is 4. The minimum absolute atomic E-state index is 0.0922. The van der Waals surface area contributed by atoms with E-state index < -0.39 is 20.0 Å². The first-order valence-electron chi connectivity index (χ1n) is 3.98. The highest BCUT2D eigenvalue weighted by molar-refractivity contribution is 7.52. The van der Waals surface area contributed by atoms with E-state index in [4.69, 9.17) is 29.5 Å². The Labute approximate surface area is 81.4 Å². The van der Waals surface area contributed by atoms with Crippen molar-refractivity contribution in [3.05, 3.63) is 0 Å². The van der Waals surface area contributed by atoms with Gasteiger partial charge in [0.25, 0.3) is 0 Å². The minimum Gasteiger partial charge on any atom is -0.394 e. The molecule has 1 unspecified atom stereocenters. The Morgan fingerprint density at radius 3 is 2.21 bits per heavy atom. The molecule has 4 N–H and O–H groups in total. The zero-order chi connectivity index (χ0) is 11.0. The normalized spacial score (nSPS) is 14.3. The van der Waals surface area contributed by atoms with Gasteiger partial charge in [-0.2, -0.15) is 0 Å². The summed E-state index contributed by atoms with van der Waals surface area (Å²) in [7, 11) is -4.47. The van der Waals surface area contributed by atoms with Gasteiger partial charge in [0.15, 0.2) is 5.85 Å². The van der Waals surface area contributed by atoms with Gasteiger partial charge >= 0.3 is 7.60 Å². The summed E-state index contributed by atoms with van der Waals surface area (Å²) in [6, 6.07) is 0. The fraction of sp³-hybridized carbons (Fsp3) is 1.00. The summed E-state index contributed by atoms with van der Waals surface area (Å²) in [5.41, 5.74) is 0. The van der Waals surface area contributed by atoms with Crippen molar-refractivity contribution in [2.45, 2.75) is 5.85 Å². The van der Waals surface area contributed by atoms with Crippen molar-refractivity contribution >= 4 is 7.60 Å². The summed E-state index contributed by atoms with van der Waals surface area (Å²) in [5, 5.41) is 17.1. The lowest BCUT2D eigenvalue weighted by Gasteiger charge is -2.12. The van der Waals surface area contributed by atoms with Gasteiger partial charge in [-0.25, -0.2) is 0 Å². The van der Waals surface area contributed by atoms with E-state index in [0.717, 1.165) is 0 Å². The molecule has 0 rings (SSSR count). The van der Waals surface area contributed by atoms with Gasteiger partial charge in [-0.15, -0.1) is 0 Å². The second kappa shape index (κ2) is 7.30. The summed E-state index contributed by atoms with van der Waals surface area (Å²) < 4.78 is 19.9. The van der Waals surface area contributed by atoms with Gasteiger partial charge in [0.05, 0.1) is 33.0 Å². The Morgan fingerprint density at radius 2 is 1.71 bits per heavy atom. The average molecular weight is 230 g/mol. The molecule has 1 atom stereocenters. The third-order valence-corrected chi connectivity index (χ3v) is 2.19. The fourth-order valence-electron chi connectivity index (χ4n) is 0.570. The Kier molecular flexibility index (Phi) is 7.30. The SMILES string of the molecule is O=P(O)(O)C(O)COCCOCCO. The highest BCUT2D eigenvalue weighted by atomic mass is 31.2. The molecule has 0 saturated carbocycles. The molecular weight excluding hydrogens is 215 g/mol. The number of rotatable bonds is 8. The van der Waals surface area contributed by atoms with Gasteiger partial charge < -0.3 is 29.5 Å². The molecule has 0 spiro atoms. The highest BCUT2D eigenvalue weighted by Gasteiger charge is 2.25. The zero-order valence-corrected chi connectivity index (χ0v) is 8.47. The molecular formula is C6H15O7P. The Morgan fingerprint density at radius 1 is 1.14 bits per heavy atom. The van der Waals surface area contributed by atoms with Gasteiger partial charge in [0, 0.05) is 0 Å². The molecule has 0 aliphatic carbocycles. The molecule has 0 bridgehead atoms. The number of aliphatic hydroxyl groups is 2. The van der Waals surface area contributed by atoms with Gasteiger partial charge in [-0.3, -0.25) is 4.57 Å². The average Bonchev–Trinajstić information content (AvgIpc) is 2.09. The van der Waals surface area contributed by atoms with Crippen LogP contribution in [0.2, 0.25) is 0 Å². The summed E-state index contributed by atoms with van der Waals surface area (Å²) in [6.45, 7) is -0.0340. The Hall–Kier alpha value is -0.0100. The molecule has 0 radical (unpaired) electrons. The maximum absolute atomic E-state index is 10.4. The first-order valence-corrected chi connectivity index (χ1v) is 5.66. The molecule has 0 aromatic carbocycles. The second-order valence-electron chi connectivity index (χ2n) is 2.48. The van der Waals surface area contributed by atoms with Crippen LogP contribution in [0.3, 0.4) is 0 Å². The molecule has 0 saturated heterocycles. The van der Waals surface area contributed by atoms with Crippen molar-refractivity contribution in [1.29, 1.82) is 0 Å². The van der Waals surface area contributed by atoms with Crippen molar-refractivity contribution in [3.63, 3.8) is 0 Å².